The molecule has 10 nitrogen and oxygen atoms in total. The lowest BCUT2D eigenvalue weighted by Gasteiger charge is -2.32. The molecule has 4 rings (SSSR count). The fourth-order valence-electron chi connectivity index (χ4n) is 3.53. The van der Waals surface area contributed by atoms with Crippen LogP contribution in [0.5, 0.6) is 11.6 Å². The van der Waals surface area contributed by atoms with Crippen LogP contribution < -0.4 is 15.4 Å². The van der Waals surface area contributed by atoms with Gasteiger partial charge < -0.3 is 25.2 Å². The number of nitrogens with zero attached hydrogens (tertiary/aromatic N) is 6. The standard InChI is InChI=1S/C23H25N7O3/c1-14-13-30(5-6-32-14)21-8-22(29-15(2)28-21)33-20-7-16(9-24)3-4-18(20)23-26-11-17(12-27-23)19(31)10-25/h3-4,7-8,11-12,14,19,31H,5-6,10,13,25H2,1-2H3/t14-,19?/m0/s1. The zero-order valence-corrected chi connectivity index (χ0v) is 18.5. The second-order valence-electron chi connectivity index (χ2n) is 7.76. The zero-order valence-electron chi connectivity index (χ0n) is 18.5. The summed E-state index contributed by atoms with van der Waals surface area (Å²) in [6, 6.07) is 8.90. The molecule has 0 amide bonds. The number of rotatable bonds is 6. The van der Waals surface area contributed by atoms with Gasteiger partial charge in [-0.05, 0) is 32.0 Å². The molecule has 3 heterocycles. The van der Waals surface area contributed by atoms with Crippen molar-refractivity contribution in [3.05, 3.63) is 53.6 Å². The third kappa shape index (κ3) is 5.23. The summed E-state index contributed by atoms with van der Waals surface area (Å²) in [4.78, 5) is 19.8. The van der Waals surface area contributed by atoms with Crippen LogP contribution in [-0.4, -0.2) is 57.4 Å². The molecule has 3 N–H and O–H groups in total. The molecule has 0 spiro atoms. The minimum Gasteiger partial charge on any atom is -0.438 e. The van der Waals surface area contributed by atoms with Gasteiger partial charge in [0.15, 0.2) is 5.82 Å². The van der Waals surface area contributed by atoms with Crippen LogP contribution in [0.2, 0.25) is 0 Å². The Balaban J connectivity index is 1.67. The number of nitrogens with two attached hydrogens (primary N) is 1. The van der Waals surface area contributed by atoms with E-state index in [1.165, 1.54) is 12.4 Å². The van der Waals surface area contributed by atoms with Crippen LogP contribution in [-0.2, 0) is 4.74 Å². The normalized spacial score (nSPS) is 16.8. The van der Waals surface area contributed by atoms with Crippen LogP contribution in [0, 0.1) is 18.3 Å². The Kier molecular flexibility index (Phi) is 6.74. The predicted octanol–water partition coefficient (Wildman–Crippen LogP) is 2.12. The molecule has 0 aliphatic carbocycles. The highest BCUT2D eigenvalue weighted by Gasteiger charge is 2.20. The number of anilines is 1. The average Bonchev–Trinajstić information content (AvgIpc) is 2.83. The van der Waals surface area contributed by atoms with Crippen LogP contribution in [0.3, 0.4) is 0 Å². The highest BCUT2D eigenvalue weighted by Crippen LogP contribution is 2.33. The lowest BCUT2D eigenvalue weighted by Crippen LogP contribution is -2.41. The molecule has 1 fully saturated rings. The second kappa shape index (κ2) is 9.87. The molecule has 1 aliphatic rings. The average molecular weight is 447 g/mol. The number of aliphatic hydroxyl groups is 1. The summed E-state index contributed by atoms with van der Waals surface area (Å²) in [6.07, 6.45) is 2.32. The van der Waals surface area contributed by atoms with E-state index in [1.807, 2.05) is 6.92 Å². The Hall–Kier alpha value is -3.65. The molecule has 0 saturated carbocycles. The van der Waals surface area contributed by atoms with Crippen LogP contribution in [0.25, 0.3) is 11.4 Å². The van der Waals surface area contributed by atoms with Crippen molar-refractivity contribution in [2.24, 2.45) is 5.73 Å². The third-order valence-corrected chi connectivity index (χ3v) is 5.21. The van der Waals surface area contributed by atoms with E-state index < -0.39 is 6.10 Å². The van der Waals surface area contributed by atoms with Gasteiger partial charge in [-0.25, -0.2) is 15.0 Å². The highest BCUT2D eigenvalue weighted by molar-refractivity contribution is 5.66. The molecule has 3 aromatic rings. The predicted molar refractivity (Wildman–Crippen MR) is 121 cm³/mol. The maximum Gasteiger partial charge on any atom is 0.224 e. The van der Waals surface area contributed by atoms with Gasteiger partial charge in [-0.1, -0.05) is 0 Å². The lowest BCUT2D eigenvalue weighted by atomic mass is 10.1. The topological polar surface area (TPSA) is 143 Å². The van der Waals surface area contributed by atoms with Crippen molar-refractivity contribution in [3.63, 3.8) is 0 Å². The molecule has 2 atom stereocenters. The summed E-state index contributed by atoms with van der Waals surface area (Å²) in [5.74, 6) is 2.44. The zero-order chi connectivity index (χ0) is 23.4. The molecule has 33 heavy (non-hydrogen) atoms. The minimum atomic E-state index is -0.832. The number of benzene rings is 1. The molecular formula is C23H25N7O3. The molecule has 1 aromatic carbocycles. The molecule has 1 unspecified atom stereocenters. The molecule has 0 bridgehead atoms. The Morgan fingerprint density at radius 2 is 2.09 bits per heavy atom. The van der Waals surface area contributed by atoms with E-state index in [2.05, 4.69) is 30.9 Å². The van der Waals surface area contributed by atoms with E-state index in [1.54, 1.807) is 31.2 Å². The SMILES string of the molecule is Cc1nc(Oc2cc(C#N)ccc2-c2ncc(C(O)CN)cn2)cc(N2CCO[C@@H](C)C2)n1. The first kappa shape index (κ1) is 22.5. The van der Waals surface area contributed by atoms with Gasteiger partial charge in [-0.3, -0.25) is 0 Å². The van der Waals surface area contributed by atoms with E-state index in [9.17, 15) is 10.4 Å². The Bertz CT molecular complexity index is 1160. The number of aromatic nitrogens is 4. The smallest absolute Gasteiger partial charge is 0.224 e. The van der Waals surface area contributed by atoms with E-state index >= 15 is 0 Å². The molecule has 170 valence electrons. The maximum atomic E-state index is 9.89. The number of aryl methyl sites for hydroxylation is 1. The van der Waals surface area contributed by atoms with Gasteiger partial charge in [0.05, 0.1) is 36.0 Å². The fourth-order valence-corrected chi connectivity index (χ4v) is 3.53. The van der Waals surface area contributed by atoms with Crippen molar-refractivity contribution in [3.8, 4) is 29.1 Å². The van der Waals surface area contributed by atoms with E-state index in [-0.39, 0.29) is 12.6 Å². The maximum absolute atomic E-state index is 9.89. The van der Waals surface area contributed by atoms with Crippen LogP contribution in [0.1, 0.15) is 30.0 Å². The molecule has 0 radical (unpaired) electrons. The highest BCUT2D eigenvalue weighted by atomic mass is 16.5. The summed E-state index contributed by atoms with van der Waals surface area (Å²) in [6.45, 7) is 5.98. The summed E-state index contributed by atoms with van der Waals surface area (Å²) in [5, 5.41) is 19.3. The Labute approximate surface area is 191 Å². The van der Waals surface area contributed by atoms with Crippen molar-refractivity contribution in [1.82, 2.24) is 19.9 Å². The van der Waals surface area contributed by atoms with Crippen LogP contribution in [0.15, 0.2) is 36.7 Å². The van der Waals surface area contributed by atoms with Gasteiger partial charge in [-0.15, -0.1) is 0 Å². The second-order valence-corrected chi connectivity index (χ2v) is 7.76. The third-order valence-electron chi connectivity index (χ3n) is 5.21. The number of nitriles is 1. The van der Waals surface area contributed by atoms with Gasteiger partial charge in [0.1, 0.15) is 17.4 Å². The van der Waals surface area contributed by atoms with Crippen molar-refractivity contribution in [1.29, 1.82) is 5.26 Å². The first-order valence-corrected chi connectivity index (χ1v) is 10.6. The van der Waals surface area contributed by atoms with E-state index in [0.717, 1.165) is 18.9 Å². The largest absolute Gasteiger partial charge is 0.438 e. The summed E-state index contributed by atoms with van der Waals surface area (Å²) < 4.78 is 11.8. The summed E-state index contributed by atoms with van der Waals surface area (Å²) in [5.41, 5.74) is 7.04. The molecular weight excluding hydrogens is 422 g/mol. The van der Waals surface area contributed by atoms with Crippen LogP contribution in [0.4, 0.5) is 5.82 Å². The molecule has 2 aromatic heterocycles. The first-order chi connectivity index (χ1) is 16.0. The van der Waals surface area contributed by atoms with Crippen molar-refractivity contribution < 1.29 is 14.6 Å². The Morgan fingerprint density at radius 1 is 1.30 bits per heavy atom. The number of ether oxygens (including phenoxy) is 2. The van der Waals surface area contributed by atoms with Gasteiger partial charge >= 0.3 is 0 Å². The van der Waals surface area contributed by atoms with Gasteiger partial charge in [0.25, 0.3) is 0 Å². The first-order valence-electron chi connectivity index (χ1n) is 10.6. The van der Waals surface area contributed by atoms with Gasteiger partial charge in [0.2, 0.25) is 5.88 Å². The van der Waals surface area contributed by atoms with Gasteiger partial charge in [0, 0.05) is 43.7 Å². The number of morpholine rings is 1. The Morgan fingerprint density at radius 3 is 2.79 bits per heavy atom. The molecule has 10 heteroatoms. The van der Waals surface area contributed by atoms with Crippen molar-refractivity contribution in [2.75, 3.05) is 31.1 Å². The van der Waals surface area contributed by atoms with Crippen molar-refractivity contribution in [2.45, 2.75) is 26.1 Å². The minimum absolute atomic E-state index is 0.0747. The van der Waals surface area contributed by atoms with Crippen molar-refractivity contribution >= 4 is 5.82 Å². The molecule has 1 saturated heterocycles. The lowest BCUT2D eigenvalue weighted by molar-refractivity contribution is 0.0529. The fraction of sp³-hybridized carbons (Fsp3) is 0.348. The van der Waals surface area contributed by atoms with E-state index in [0.29, 0.717) is 46.6 Å². The van der Waals surface area contributed by atoms with E-state index in [4.69, 9.17) is 15.2 Å². The monoisotopic (exact) mass is 447 g/mol. The van der Waals surface area contributed by atoms with Crippen LogP contribution >= 0.6 is 0 Å². The quantitative estimate of drug-likeness (QED) is 0.576. The number of aliphatic hydroxyl groups excluding tert-OH is 1. The molecule has 1 aliphatic heterocycles. The van der Waals surface area contributed by atoms with Gasteiger partial charge in [-0.2, -0.15) is 10.2 Å². The number of hydrogen-bond donors (Lipinski definition) is 2. The summed E-state index contributed by atoms with van der Waals surface area (Å²) >= 11 is 0. The number of hydrogen-bond acceptors (Lipinski definition) is 10. The summed E-state index contributed by atoms with van der Waals surface area (Å²) in [7, 11) is 0.